The fraction of sp³-hybridized carbons (Fsp3) is 0.500. The van der Waals surface area contributed by atoms with Crippen LogP contribution in [-0.2, 0) is 0 Å². The molecule has 1 rings (SSSR count). The molecule has 0 heterocycles. The molecule has 0 aliphatic rings. The highest BCUT2D eigenvalue weighted by molar-refractivity contribution is 9.10. The van der Waals surface area contributed by atoms with Crippen LogP contribution in [0.5, 0.6) is 0 Å². The van der Waals surface area contributed by atoms with Crippen molar-refractivity contribution < 1.29 is 9.72 Å². The van der Waals surface area contributed by atoms with E-state index in [4.69, 9.17) is 0 Å². The Morgan fingerprint density at radius 1 is 1.43 bits per heavy atom. The highest BCUT2D eigenvalue weighted by atomic mass is 79.9. The van der Waals surface area contributed by atoms with Gasteiger partial charge in [0.15, 0.2) is 0 Å². The number of rotatable bonds is 7. The number of nitro benzene ring substituents is 1. The minimum atomic E-state index is -0.514. The molecule has 21 heavy (non-hydrogen) atoms. The van der Waals surface area contributed by atoms with Crippen LogP contribution < -0.4 is 5.32 Å². The molecule has 0 radical (unpaired) electrons. The molecule has 0 saturated carbocycles. The van der Waals surface area contributed by atoms with E-state index in [0.717, 1.165) is 19.6 Å². The Hall–Kier alpha value is -1.47. The van der Waals surface area contributed by atoms with Gasteiger partial charge in [0.05, 0.1) is 9.40 Å². The Bertz CT molecular complexity index is 518. The number of amides is 1. The lowest BCUT2D eigenvalue weighted by molar-refractivity contribution is -0.385. The summed E-state index contributed by atoms with van der Waals surface area (Å²) in [7, 11) is 0. The summed E-state index contributed by atoms with van der Waals surface area (Å²) in [5.41, 5.74) is 0.176. The lowest BCUT2D eigenvalue weighted by Crippen LogP contribution is -2.41. The largest absolute Gasteiger partial charge is 0.348 e. The molecule has 0 bridgehead atoms. The molecule has 0 spiro atoms. The number of halogens is 1. The maximum Gasteiger partial charge on any atom is 0.284 e. The van der Waals surface area contributed by atoms with E-state index in [0.29, 0.717) is 4.47 Å². The summed E-state index contributed by atoms with van der Waals surface area (Å²) in [6.45, 7) is 8.63. The molecule has 1 unspecified atom stereocenters. The van der Waals surface area contributed by atoms with Crippen molar-refractivity contribution >= 4 is 27.5 Å². The molecular weight excluding hydrogens is 338 g/mol. The number of benzene rings is 1. The first-order valence-corrected chi connectivity index (χ1v) is 7.65. The van der Waals surface area contributed by atoms with Crippen LogP contribution in [-0.4, -0.2) is 41.4 Å². The summed E-state index contributed by atoms with van der Waals surface area (Å²) in [4.78, 5) is 24.7. The third-order valence-corrected chi connectivity index (χ3v) is 3.88. The molecule has 0 aliphatic heterocycles. The van der Waals surface area contributed by atoms with Crippen LogP contribution in [0.25, 0.3) is 0 Å². The van der Waals surface area contributed by atoms with Crippen LogP contribution in [0.4, 0.5) is 5.69 Å². The molecule has 0 fully saturated rings. The van der Waals surface area contributed by atoms with E-state index in [2.05, 4.69) is 40.0 Å². The van der Waals surface area contributed by atoms with Gasteiger partial charge in [0.2, 0.25) is 0 Å². The molecule has 7 heteroatoms. The van der Waals surface area contributed by atoms with Gasteiger partial charge < -0.3 is 10.2 Å². The molecule has 0 saturated heterocycles. The summed E-state index contributed by atoms with van der Waals surface area (Å²) >= 11 is 3.10. The maximum absolute atomic E-state index is 12.1. The Morgan fingerprint density at radius 3 is 2.57 bits per heavy atom. The quantitative estimate of drug-likeness (QED) is 0.601. The van der Waals surface area contributed by atoms with Crippen LogP contribution >= 0.6 is 15.9 Å². The molecule has 1 atom stereocenters. The highest BCUT2D eigenvalue weighted by Crippen LogP contribution is 2.25. The van der Waals surface area contributed by atoms with Gasteiger partial charge >= 0.3 is 0 Å². The monoisotopic (exact) mass is 357 g/mol. The number of hydrogen-bond acceptors (Lipinski definition) is 4. The van der Waals surface area contributed by atoms with E-state index < -0.39 is 4.92 Å². The highest BCUT2D eigenvalue weighted by Gasteiger charge is 2.17. The first kappa shape index (κ1) is 17.6. The third-order valence-electron chi connectivity index (χ3n) is 3.21. The Morgan fingerprint density at radius 2 is 2.05 bits per heavy atom. The fourth-order valence-corrected chi connectivity index (χ4v) is 2.41. The van der Waals surface area contributed by atoms with Crippen LogP contribution in [0, 0.1) is 10.1 Å². The predicted molar refractivity (Wildman–Crippen MR) is 85.5 cm³/mol. The van der Waals surface area contributed by atoms with Crippen molar-refractivity contribution in [2.75, 3.05) is 19.6 Å². The maximum atomic E-state index is 12.1. The standard InChI is InChI=1S/C14H20BrN3O3/c1-4-17(5-2)9-10(3)16-14(19)11-6-7-12(15)13(8-11)18(20)21/h6-8,10H,4-5,9H2,1-3H3,(H,16,19). The smallest absolute Gasteiger partial charge is 0.284 e. The van der Waals surface area contributed by atoms with E-state index in [-0.39, 0.29) is 23.2 Å². The molecule has 0 aromatic heterocycles. The number of nitrogens with one attached hydrogen (secondary N) is 1. The SMILES string of the molecule is CCN(CC)CC(C)NC(=O)c1ccc(Br)c([N+](=O)[O-])c1. The van der Waals surface area contributed by atoms with Gasteiger partial charge in [0.1, 0.15) is 0 Å². The van der Waals surface area contributed by atoms with Gasteiger partial charge in [-0.25, -0.2) is 0 Å². The van der Waals surface area contributed by atoms with E-state index in [1.165, 1.54) is 12.1 Å². The van der Waals surface area contributed by atoms with E-state index in [1.807, 2.05) is 6.92 Å². The Kier molecular flexibility index (Phi) is 6.77. The van der Waals surface area contributed by atoms with Gasteiger partial charge in [0, 0.05) is 24.2 Å². The minimum Gasteiger partial charge on any atom is -0.348 e. The summed E-state index contributed by atoms with van der Waals surface area (Å²) in [6, 6.07) is 4.34. The Balaban J connectivity index is 2.76. The zero-order valence-electron chi connectivity index (χ0n) is 12.4. The van der Waals surface area contributed by atoms with Crippen molar-refractivity contribution in [2.24, 2.45) is 0 Å². The van der Waals surface area contributed by atoms with Crippen LogP contribution in [0.2, 0.25) is 0 Å². The van der Waals surface area contributed by atoms with Gasteiger partial charge in [-0.1, -0.05) is 13.8 Å². The molecule has 1 aromatic carbocycles. The Labute approximate surface area is 132 Å². The summed E-state index contributed by atoms with van der Waals surface area (Å²) in [5.74, 6) is -0.301. The van der Waals surface area contributed by atoms with E-state index in [9.17, 15) is 14.9 Å². The zero-order chi connectivity index (χ0) is 16.0. The van der Waals surface area contributed by atoms with Crippen molar-refractivity contribution in [1.29, 1.82) is 0 Å². The van der Waals surface area contributed by atoms with Gasteiger partial charge in [-0.2, -0.15) is 0 Å². The lowest BCUT2D eigenvalue weighted by atomic mass is 10.1. The van der Waals surface area contributed by atoms with Crippen molar-refractivity contribution in [3.05, 3.63) is 38.3 Å². The number of nitro groups is 1. The number of carbonyl (C=O) groups is 1. The number of likely N-dealkylation sites (N-methyl/N-ethyl adjacent to an activating group) is 1. The van der Waals surface area contributed by atoms with Crippen molar-refractivity contribution in [1.82, 2.24) is 10.2 Å². The summed E-state index contributed by atoms with van der Waals surface area (Å²) in [6.07, 6.45) is 0. The van der Waals surface area contributed by atoms with Gasteiger partial charge in [-0.05, 0) is 48.1 Å². The lowest BCUT2D eigenvalue weighted by Gasteiger charge is -2.23. The average molecular weight is 358 g/mol. The number of nitrogens with zero attached hydrogens (tertiary/aromatic N) is 2. The molecule has 6 nitrogen and oxygen atoms in total. The van der Waals surface area contributed by atoms with Crippen LogP contribution in [0.15, 0.2) is 22.7 Å². The first-order chi connectivity index (χ1) is 9.88. The van der Waals surface area contributed by atoms with Gasteiger partial charge in [-0.15, -0.1) is 0 Å². The predicted octanol–water partition coefficient (Wildman–Crippen LogP) is 2.82. The third kappa shape index (κ3) is 5.09. The molecule has 0 aliphatic carbocycles. The molecule has 116 valence electrons. The first-order valence-electron chi connectivity index (χ1n) is 6.86. The van der Waals surface area contributed by atoms with Crippen LogP contribution in [0.3, 0.4) is 0 Å². The zero-order valence-corrected chi connectivity index (χ0v) is 14.0. The topological polar surface area (TPSA) is 75.5 Å². The van der Waals surface area contributed by atoms with Crippen molar-refractivity contribution in [3.8, 4) is 0 Å². The second kappa shape index (κ2) is 8.09. The van der Waals surface area contributed by atoms with Crippen molar-refractivity contribution in [2.45, 2.75) is 26.8 Å². The van der Waals surface area contributed by atoms with E-state index in [1.54, 1.807) is 6.07 Å². The second-order valence-electron chi connectivity index (χ2n) is 4.78. The summed E-state index contributed by atoms with van der Waals surface area (Å²) < 4.78 is 0.361. The van der Waals surface area contributed by atoms with Crippen molar-refractivity contribution in [3.63, 3.8) is 0 Å². The van der Waals surface area contributed by atoms with Gasteiger partial charge in [0.25, 0.3) is 11.6 Å². The normalized spacial score (nSPS) is 12.2. The minimum absolute atomic E-state index is 0.0277. The fourth-order valence-electron chi connectivity index (χ4n) is 2.02. The molecular formula is C14H20BrN3O3. The number of hydrogen-bond donors (Lipinski definition) is 1. The van der Waals surface area contributed by atoms with E-state index >= 15 is 0 Å². The average Bonchev–Trinajstić information content (AvgIpc) is 2.44. The second-order valence-corrected chi connectivity index (χ2v) is 5.64. The molecule has 1 aromatic rings. The molecule has 1 N–H and O–H groups in total. The van der Waals surface area contributed by atoms with Crippen LogP contribution in [0.1, 0.15) is 31.1 Å². The summed E-state index contributed by atoms with van der Waals surface area (Å²) in [5, 5.41) is 13.7. The number of carbonyl (C=O) groups excluding carboxylic acids is 1. The van der Waals surface area contributed by atoms with Gasteiger partial charge in [-0.3, -0.25) is 14.9 Å². The molecule has 1 amide bonds.